The van der Waals surface area contributed by atoms with Crippen molar-refractivity contribution in [1.29, 1.82) is 0 Å². The zero-order valence-corrected chi connectivity index (χ0v) is 18.3. The van der Waals surface area contributed by atoms with Crippen LogP contribution in [0.15, 0.2) is 35.1 Å². The summed E-state index contributed by atoms with van der Waals surface area (Å²) in [6.45, 7) is 1.99. The number of benzene rings is 1. The zero-order chi connectivity index (χ0) is 22.2. The number of aryl methyl sites for hydroxylation is 1. The summed E-state index contributed by atoms with van der Waals surface area (Å²) < 4.78 is 29.4. The first-order chi connectivity index (χ1) is 14.8. The molecule has 0 bridgehead atoms. The molecule has 9 heteroatoms. The van der Waals surface area contributed by atoms with Crippen LogP contribution in [0.25, 0.3) is 10.3 Å². The monoisotopic (exact) mass is 446 g/mol. The van der Waals surface area contributed by atoms with E-state index in [1.54, 1.807) is 0 Å². The van der Waals surface area contributed by atoms with Crippen LogP contribution in [0.4, 0.5) is 13.9 Å². The summed E-state index contributed by atoms with van der Waals surface area (Å²) in [5.74, 6) is -3.63. The number of thiazole rings is 1. The topological polar surface area (TPSA) is 68.1 Å². The van der Waals surface area contributed by atoms with E-state index in [1.807, 2.05) is 35.2 Å². The first-order valence-corrected chi connectivity index (χ1v) is 11.2. The number of rotatable bonds is 7. The molecule has 0 N–H and O–H groups in total. The molecular weight excluding hydrogens is 422 g/mol. The third-order valence-electron chi connectivity index (χ3n) is 5.77. The van der Waals surface area contributed by atoms with E-state index in [-0.39, 0.29) is 22.2 Å². The summed E-state index contributed by atoms with van der Waals surface area (Å²) in [7, 11) is 1.29. The Morgan fingerprint density at radius 3 is 2.71 bits per heavy atom. The van der Waals surface area contributed by atoms with Gasteiger partial charge in [-0.25, -0.2) is 9.97 Å². The number of hydrogen-bond donors (Lipinski definition) is 0. The highest BCUT2D eigenvalue weighted by Crippen LogP contribution is 2.35. The van der Waals surface area contributed by atoms with Crippen molar-refractivity contribution in [1.82, 2.24) is 14.5 Å². The smallest absolute Gasteiger partial charge is 0.304 e. The third kappa shape index (κ3) is 4.11. The van der Waals surface area contributed by atoms with Gasteiger partial charge in [-0.2, -0.15) is 8.78 Å². The Bertz CT molecular complexity index is 1160. The van der Waals surface area contributed by atoms with Gasteiger partial charge in [-0.05, 0) is 24.8 Å². The van der Waals surface area contributed by atoms with Crippen LogP contribution in [-0.4, -0.2) is 32.9 Å². The number of carbonyl (C=O) groups excluding carboxylic acids is 1. The van der Waals surface area contributed by atoms with Crippen molar-refractivity contribution in [3.63, 3.8) is 0 Å². The predicted molar refractivity (Wildman–Crippen MR) is 117 cm³/mol. The highest BCUT2D eigenvalue weighted by atomic mass is 32.1. The van der Waals surface area contributed by atoms with E-state index >= 15 is 0 Å². The number of ketones is 1. The molecule has 0 spiro atoms. The molecule has 0 aliphatic carbocycles. The Labute approximate surface area is 182 Å². The molecule has 6 nitrogen and oxygen atoms in total. The lowest BCUT2D eigenvalue weighted by Crippen LogP contribution is -2.36. The minimum absolute atomic E-state index is 0.0699. The van der Waals surface area contributed by atoms with E-state index < -0.39 is 23.7 Å². The number of fused-ring (bicyclic) bond motifs is 1. The third-order valence-corrected chi connectivity index (χ3v) is 6.76. The number of aromatic nitrogens is 3. The second-order valence-electron chi connectivity index (χ2n) is 7.81. The summed E-state index contributed by atoms with van der Waals surface area (Å²) >= 11 is 1.10. The van der Waals surface area contributed by atoms with Crippen molar-refractivity contribution in [2.75, 3.05) is 11.4 Å². The van der Waals surface area contributed by atoms with Gasteiger partial charge < -0.3 is 4.90 Å². The van der Waals surface area contributed by atoms with Gasteiger partial charge in [0.15, 0.2) is 27.1 Å². The summed E-state index contributed by atoms with van der Waals surface area (Å²) in [6.07, 6.45) is 2.19. The van der Waals surface area contributed by atoms with Crippen LogP contribution in [-0.2, 0) is 24.2 Å². The van der Waals surface area contributed by atoms with Gasteiger partial charge in [-0.15, -0.1) is 0 Å². The highest BCUT2D eigenvalue weighted by molar-refractivity contribution is 7.21. The van der Waals surface area contributed by atoms with Crippen LogP contribution in [0.3, 0.4) is 0 Å². The second-order valence-corrected chi connectivity index (χ2v) is 8.77. The molecular formula is C22H24F2N4O2S. The Hall–Kier alpha value is -2.68. The fraction of sp³-hybridized carbons (Fsp3) is 0.455. The quantitative estimate of drug-likeness (QED) is 0.548. The number of Topliss-reactive ketones (excluding diaryl/α,β-unsaturated/α-hetero) is 1. The number of alkyl halides is 2. The molecule has 0 radical (unpaired) electrons. The van der Waals surface area contributed by atoms with Crippen LogP contribution in [0.2, 0.25) is 0 Å². The lowest BCUT2D eigenvalue weighted by molar-refractivity contribution is -0.120. The molecule has 1 fully saturated rings. The first kappa shape index (κ1) is 21.5. The summed E-state index contributed by atoms with van der Waals surface area (Å²) in [5.41, 5.74) is 0.583. The van der Waals surface area contributed by atoms with Crippen molar-refractivity contribution in [3.8, 4) is 0 Å². The minimum atomic E-state index is -3.20. The zero-order valence-electron chi connectivity index (χ0n) is 17.5. The van der Waals surface area contributed by atoms with Gasteiger partial charge in [0, 0.05) is 26.4 Å². The van der Waals surface area contributed by atoms with E-state index in [9.17, 15) is 18.4 Å². The molecule has 31 heavy (non-hydrogen) atoms. The van der Waals surface area contributed by atoms with Crippen molar-refractivity contribution in [2.45, 2.75) is 51.0 Å². The molecule has 2 aromatic heterocycles. The number of nitrogens with zero attached hydrogens (tertiary/aromatic N) is 4. The normalized spacial score (nSPS) is 16.9. The molecule has 0 amide bonds. The van der Waals surface area contributed by atoms with Crippen LogP contribution in [0.1, 0.15) is 44.0 Å². The van der Waals surface area contributed by atoms with E-state index in [2.05, 4.69) is 9.97 Å². The molecule has 0 saturated carbocycles. The fourth-order valence-corrected chi connectivity index (χ4v) is 4.97. The van der Waals surface area contributed by atoms with Gasteiger partial charge in [0.05, 0.1) is 6.04 Å². The molecule has 1 atom stereocenters. The number of hydrogen-bond acceptors (Lipinski definition) is 6. The largest absolute Gasteiger partial charge is 0.338 e. The Morgan fingerprint density at radius 1 is 1.26 bits per heavy atom. The molecule has 4 rings (SSSR count). The molecule has 0 unspecified atom stereocenters. The van der Waals surface area contributed by atoms with Crippen molar-refractivity contribution >= 4 is 32.6 Å². The maximum absolute atomic E-state index is 14.3. The SMILES string of the molecule is CCC(F)(F)c1nc2sc(N3CCC[C@@H]3C(=O)CCc3ccccc3)nc2c(=O)n1C. The van der Waals surface area contributed by atoms with E-state index in [4.69, 9.17) is 0 Å². The second kappa shape index (κ2) is 8.45. The first-order valence-electron chi connectivity index (χ1n) is 10.4. The average Bonchev–Trinajstić information content (AvgIpc) is 3.42. The van der Waals surface area contributed by atoms with Gasteiger partial charge in [-0.3, -0.25) is 14.2 Å². The van der Waals surface area contributed by atoms with Gasteiger partial charge in [0.25, 0.3) is 5.56 Å². The van der Waals surface area contributed by atoms with E-state index in [0.717, 1.165) is 27.9 Å². The van der Waals surface area contributed by atoms with Gasteiger partial charge in [-0.1, -0.05) is 48.6 Å². The maximum Gasteiger partial charge on any atom is 0.304 e. The number of halogens is 2. The van der Waals surface area contributed by atoms with Crippen molar-refractivity contribution in [2.24, 2.45) is 7.05 Å². The molecule has 1 aliphatic heterocycles. The summed E-state index contributed by atoms with van der Waals surface area (Å²) in [4.78, 5) is 36.1. The van der Waals surface area contributed by atoms with E-state index in [0.29, 0.717) is 30.9 Å². The number of anilines is 1. The fourth-order valence-electron chi connectivity index (χ4n) is 3.96. The molecule has 3 aromatic rings. The molecule has 3 heterocycles. The van der Waals surface area contributed by atoms with E-state index in [1.165, 1.54) is 14.0 Å². The van der Waals surface area contributed by atoms with Crippen LogP contribution in [0.5, 0.6) is 0 Å². The molecule has 164 valence electrons. The maximum atomic E-state index is 14.3. The lowest BCUT2D eigenvalue weighted by atomic mass is 10.0. The van der Waals surface area contributed by atoms with Crippen LogP contribution < -0.4 is 10.5 Å². The standard InChI is InChI=1S/C22H24F2N4O2S/c1-3-22(23,24)20-26-18-17(19(30)27(20)2)25-21(31-18)28-13-7-10-15(28)16(29)12-11-14-8-5-4-6-9-14/h4-6,8-9,15H,3,7,10-13H2,1-2H3/t15-/m1/s1. The van der Waals surface area contributed by atoms with Crippen molar-refractivity contribution < 1.29 is 13.6 Å². The predicted octanol–water partition coefficient (Wildman–Crippen LogP) is 4.06. The summed E-state index contributed by atoms with van der Waals surface area (Å²) in [5, 5.41) is 0.493. The van der Waals surface area contributed by atoms with Crippen LogP contribution in [0, 0.1) is 0 Å². The summed E-state index contributed by atoms with van der Waals surface area (Å²) in [6, 6.07) is 9.53. The minimum Gasteiger partial charge on any atom is -0.338 e. The van der Waals surface area contributed by atoms with Gasteiger partial charge in [0.2, 0.25) is 0 Å². The van der Waals surface area contributed by atoms with Crippen molar-refractivity contribution in [3.05, 3.63) is 52.1 Å². The Kier molecular flexibility index (Phi) is 5.88. The average molecular weight is 447 g/mol. The van der Waals surface area contributed by atoms with Gasteiger partial charge >= 0.3 is 5.92 Å². The molecule has 1 aromatic carbocycles. The van der Waals surface area contributed by atoms with Crippen LogP contribution >= 0.6 is 11.3 Å². The molecule has 1 aliphatic rings. The lowest BCUT2D eigenvalue weighted by Gasteiger charge is -2.22. The number of carbonyl (C=O) groups is 1. The highest BCUT2D eigenvalue weighted by Gasteiger charge is 2.36. The Balaban J connectivity index is 1.61. The van der Waals surface area contributed by atoms with Gasteiger partial charge in [0.1, 0.15) is 0 Å². The Morgan fingerprint density at radius 2 is 2.00 bits per heavy atom. The molecule has 1 saturated heterocycles.